The number of nitro benzene ring substituents is 2. The highest BCUT2D eigenvalue weighted by Crippen LogP contribution is 2.53. The summed E-state index contributed by atoms with van der Waals surface area (Å²) in [5.74, 6) is -10.4. The van der Waals surface area contributed by atoms with Crippen molar-refractivity contribution >= 4 is 92.7 Å². The number of non-ortho nitro benzene ring substituents is 2. The van der Waals surface area contributed by atoms with Crippen LogP contribution < -0.4 is 26.2 Å². The van der Waals surface area contributed by atoms with Crippen LogP contribution in [0.3, 0.4) is 0 Å². The number of nitrogens with one attached hydrogen (secondary N) is 3. The average Bonchev–Trinajstić information content (AvgIpc) is 4.30. The van der Waals surface area contributed by atoms with Crippen LogP contribution in [0.25, 0.3) is 0 Å². The van der Waals surface area contributed by atoms with Gasteiger partial charge in [0, 0.05) is 94.7 Å². The highest BCUT2D eigenvalue weighted by Gasteiger charge is 2.62. The minimum absolute atomic E-state index is 0. The van der Waals surface area contributed by atoms with Crippen molar-refractivity contribution < 1.29 is 92.0 Å². The molecule has 6 aliphatic rings. The van der Waals surface area contributed by atoms with Crippen molar-refractivity contribution in [2.45, 2.75) is 94.8 Å². The number of rotatable bonds is 16. The van der Waals surface area contributed by atoms with E-state index in [0.717, 1.165) is 42.8 Å². The second-order valence-electron chi connectivity index (χ2n) is 18.8. The number of carbonyl (C=O) groups excluding carboxylic acids is 6. The first-order chi connectivity index (χ1) is 36.6. The summed E-state index contributed by atoms with van der Waals surface area (Å²) in [5, 5.41) is 68.3. The van der Waals surface area contributed by atoms with Crippen molar-refractivity contribution in [2.24, 2.45) is 34.5 Å². The summed E-state index contributed by atoms with van der Waals surface area (Å²) in [4.78, 5) is 120. The Hall–Kier alpha value is -6.79. The summed E-state index contributed by atoms with van der Waals surface area (Å²) in [7, 11) is -3.85. The van der Waals surface area contributed by atoms with Crippen LogP contribution in [0.4, 0.5) is 11.4 Å². The predicted molar refractivity (Wildman–Crippen MR) is 282 cm³/mol. The summed E-state index contributed by atoms with van der Waals surface area (Å²) < 4.78 is 34.8. The molecule has 2 amide bonds. The molecule has 438 valence electrons. The van der Waals surface area contributed by atoms with Crippen LogP contribution in [0.15, 0.2) is 69.7 Å². The highest BCUT2D eigenvalue weighted by molar-refractivity contribution is 8.04. The molecule has 6 heterocycles. The summed E-state index contributed by atoms with van der Waals surface area (Å²) in [6, 6.07) is 8.30. The number of esters is 4. The van der Waals surface area contributed by atoms with Crippen molar-refractivity contribution in [3.8, 4) is 0 Å². The van der Waals surface area contributed by atoms with E-state index in [2.05, 4.69) is 15.4 Å². The molecular formula is C47H61N9O21S3. The van der Waals surface area contributed by atoms with Crippen molar-refractivity contribution in [1.29, 1.82) is 0 Å². The van der Waals surface area contributed by atoms with Gasteiger partial charge < -0.3 is 61.5 Å². The number of hydrogen-bond acceptors (Lipinski definition) is 23. The number of fused-ring (bicyclic) bond motifs is 2. The van der Waals surface area contributed by atoms with Gasteiger partial charge in [-0.15, -0.1) is 23.5 Å². The van der Waals surface area contributed by atoms with Gasteiger partial charge in [0.1, 0.15) is 11.4 Å². The van der Waals surface area contributed by atoms with E-state index in [1.807, 2.05) is 13.8 Å². The number of aliphatic carboxylic acids is 2. The molecule has 0 spiro atoms. The Balaban J connectivity index is 0.000000307. The van der Waals surface area contributed by atoms with Gasteiger partial charge in [0.15, 0.2) is 0 Å². The first kappa shape index (κ1) is 65.7. The number of carbonyl (C=O) groups is 8. The van der Waals surface area contributed by atoms with Crippen LogP contribution in [-0.4, -0.2) is 175 Å². The van der Waals surface area contributed by atoms with Crippen LogP contribution in [0.2, 0.25) is 0 Å². The molecule has 13 N–H and O–H groups in total. The second-order valence-corrected chi connectivity index (χ2v) is 22.9. The molecular weight excluding hydrogens is 1120 g/mol. The monoisotopic (exact) mass is 1180 g/mol. The molecule has 4 fully saturated rings. The van der Waals surface area contributed by atoms with Gasteiger partial charge in [0.25, 0.3) is 21.6 Å². The minimum Gasteiger partial charge on any atom is -0.473 e. The van der Waals surface area contributed by atoms with Crippen LogP contribution in [0.1, 0.15) is 68.7 Å². The summed E-state index contributed by atoms with van der Waals surface area (Å²) in [6.45, 7) is 8.50. The maximum atomic E-state index is 13.2. The number of nitro groups is 2. The summed E-state index contributed by atoms with van der Waals surface area (Å²) in [5.41, 5.74) is 5.16. The van der Waals surface area contributed by atoms with E-state index in [-0.39, 0.29) is 93.7 Å². The molecule has 8 rings (SSSR count). The number of carboxylic acids is 2. The number of β-lactam (4-membered cyclic amide) rings is 2. The van der Waals surface area contributed by atoms with Crippen LogP contribution in [0, 0.1) is 43.9 Å². The topological polar surface area (TPSA) is 482 Å². The lowest BCUT2D eigenvalue weighted by Crippen LogP contribution is -2.63. The molecule has 80 heavy (non-hydrogen) atoms. The number of nitrogens with two attached hydrogens (primary N) is 2. The molecule has 30 nitrogen and oxygen atoms in total. The second kappa shape index (κ2) is 27.1. The number of ether oxygens (including phenoxy) is 2. The van der Waals surface area contributed by atoms with Crippen LogP contribution >= 0.6 is 23.5 Å². The summed E-state index contributed by atoms with van der Waals surface area (Å²) >= 11 is 2.80. The van der Waals surface area contributed by atoms with Gasteiger partial charge in [-0.25, -0.2) is 38.6 Å². The lowest BCUT2D eigenvalue weighted by atomic mass is 9.79. The fourth-order valence-corrected chi connectivity index (χ4v) is 13.3. The molecule has 33 heteroatoms. The third kappa shape index (κ3) is 14.6. The summed E-state index contributed by atoms with van der Waals surface area (Å²) in [6.07, 6.45) is -0.503. The lowest BCUT2D eigenvalue weighted by Gasteiger charge is -2.46. The Morgan fingerprint density at radius 3 is 1.36 bits per heavy atom. The molecule has 0 aromatic heterocycles. The van der Waals surface area contributed by atoms with Crippen molar-refractivity contribution in [1.82, 2.24) is 25.2 Å². The number of hydrogen-bond donors (Lipinski definition) is 9. The van der Waals surface area contributed by atoms with E-state index >= 15 is 0 Å². The van der Waals surface area contributed by atoms with E-state index in [0.29, 0.717) is 35.9 Å². The Bertz CT molecular complexity index is 2930. The maximum Gasteiger partial charge on any atom is 0.414 e. The van der Waals surface area contributed by atoms with Crippen molar-refractivity contribution in [3.05, 3.63) is 101 Å². The number of benzene rings is 2. The Morgan fingerprint density at radius 1 is 0.713 bits per heavy atom. The predicted octanol–water partition coefficient (Wildman–Crippen LogP) is -0.659. The fraction of sp³-hybridized carbons (Fsp3) is 0.489. The molecule has 0 aliphatic carbocycles. The van der Waals surface area contributed by atoms with E-state index in [1.54, 1.807) is 6.92 Å². The van der Waals surface area contributed by atoms with Gasteiger partial charge in [-0.3, -0.25) is 29.8 Å². The van der Waals surface area contributed by atoms with E-state index in [1.165, 1.54) is 52.4 Å². The molecule has 6 aliphatic heterocycles. The van der Waals surface area contributed by atoms with Gasteiger partial charge >= 0.3 is 35.8 Å². The Labute approximate surface area is 464 Å². The minimum atomic E-state index is -3.85. The number of carboxylic acid groups (broad SMARTS) is 2. The smallest absolute Gasteiger partial charge is 0.414 e. The van der Waals surface area contributed by atoms with Gasteiger partial charge in [0.2, 0.25) is 11.8 Å². The zero-order valence-electron chi connectivity index (χ0n) is 42.3. The standard InChI is InChI=1S/C22H27N5O9S2.C22H26N4O7S.C2H2O4.CH4.H2O/c1-10-17-16(11(2)28)20(29)26(17)18(19(10)37-15-7-13(24-9-15)8-25-38(23,34)35)22(31)36-21(30)12-3-5-14(6-4-12)27(32)33;1-10-17-16(11(2)27)20(28)25(17)18(19(10)34-15-7-13(8-23)24-9-15)22(30)33-21(29)12-3-5-14(6-4-12)26(31)32;3-1(4)2(5)6;;/h3-6,10-11,13,15-17,24-25,28H,7-9H2,1-2H3,(H2,23,34,35);3-6,10-11,13,15-17,24,27H,7-9,23H2,1-2H3;(H,3,4)(H,5,6);1H4;1H2/t2*10-,11-,13+,15+,16-,17-;;;/m11.../s1. The quantitative estimate of drug-likeness (QED) is 0.0252. The molecule has 2 aromatic carbocycles. The first-order valence-corrected chi connectivity index (χ1v) is 27.1. The number of nitrogens with zero attached hydrogens (tertiary/aromatic N) is 4. The van der Waals surface area contributed by atoms with Crippen molar-refractivity contribution in [2.75, 3.05) is 26.2 Å². The zero-order valence-corrected chi connectivity index (χ0v) is 44.7. The average molecular weight is 1180 g/mol. The molecule has 12 atom stereocenters. The third-order valence-corrected chi connectivity index (χ3v) is 17.1. The normalized spacial score (nSPS) is 26.0. The number of thioether (sulfide) groups is 2. The molecule has 0 saturated carbocycles. The number of amides is 2. The first-order valence-electron chi connectivity index (χ1n) is 23.8. The van der Waals surface area contributed by atoms with Gasteiger partial charge in [-0.2, -0.15) is 8.42 Å². The molecule has 0 radical (unpaired) electrons. The SMILES string of the molecule is C.C[C@@H](O)[C@H]1C(=O)N2C(C(=O)OC(=O)c3ccc([N+](=O)[O-])cc3)=C(S[C@@H]3CN[C@H](CN)C3)[C@H](C)[C@H]12.C[C@@H](O)[C@H]1C(=O)N2C(C(=O)OC(=O)c3ccc([N+](=O)[O-])cc3)=C(S[C@@H]3CN[C@H](CNS(N)(=O)=O)C3)[C@H](C)[C@H]12.O.O=C(O)C(=O)O. The third-order valence-electron chi connectivity index (χ3n) is 13.6. The van der Waals surface area contributed by atoms with Crippen LogP contribution in [-0.2, 0) is 48.5 Å². The van der Waals surface area contributed by atoms with E-state index < -0.39 is 97.9 Å². The fourth-order valence-electron chi connectivity index (χ4n) is 9.81. The van der Waals surface area contributed by atoms with Gasteiger partial charge in [-0.1, -0.05) is 21.3 Å². The van der Waals surface area contributed by atoms with E-state index in [9.17, 15) is 67.6 Å². The lowest BCUT2D eigenvalue weighted by molar-refractivity contribution is -0.385. The Kier molecular flexibility index (Phi) is 22.3. The number of aliphatic hydroxyl groups excluding tert-OH is 2. The maximum absolute atomic E-state index is 13.2. The van der Waals surface area contributed by atoms with Crippen LogP contribution in [0.5, 0.6) is 0 Å². The van der Waals surface area contributed by atoms with Gasteiger partial charge in [-0.05, 0) is 51.0 Å². The highest BCUT2D eigenvalue weighted by atomic mass is 32.2. The number of aliphatic hydroxyl groups is 2. The molecule has 2 aromatic rings. The largest absolute Gasteiger partial charge is 0.473 e. The Morgan fingerprint density at radius 2 is 1.06 bits per heavy atom. The van der Waals surface area contributed by atoms with Gasteiger partial charge in [0.05, 0.1) is 57.1 Å². The molecule has 0 bridgehead atoms. The molecule has 0 unspecified atom stereocenters. The van der Waals surface area contributed by atoms with Crippen molar-refractivity contribution in [3.63, 3.8) is 0 Å². The zero-order chi connectivity index (χ0) is 57.8. The van der Waals surface area contributed by atoms with E-state index in [4.69, 9.17) is 40.1 Å². The molecule has 4 saturated heterocycles.